The molecule has 0 amide bonds. The largest absolute Gasteiger partial charge is 0.481 e. The first kappa shape index (κ1) is 65.5. The van der Waals surface area contributed by atoms with Crippen LogP contribution in [-0.2, 0) is 33.3 Å². The standard InChI is InChI=1S/C58H84N2O18/c1-35-17-14-12-10-8-6-4-5-7-9-11-13-15-20-46(76-57-54(71)52(60)53(70)37(3)75-57)32-49-51(56(72)73)48(68)34-58(74,78-49)33-45(66)28-41(62)19-16-18-40(61)27-43(64)29-44(65)31-50(69)77-55(35)36(2)21-26-42(63)30-47(67)38-22-24-39(59)25-23-38/h4-15,17,20,22-25,35-37,40-43,45-46,48-49,51-55,57,61-64,66,68,70-71,74H,16,18-19,21,26-34,59-60H2,1-3H3,(H,72,73)/b5-4+,8-6+,9-7+,12-10+,13-11+,17-14+,20-15+/t35?,36?,37-,40?,41?,42?,43?,45?,46?,48?,49?,51?,52+,53-,54+,55?,57+,58?/m0/s1. The Morgan fingerprint density at radius 2 is 1.32 bits per heavy atom. The van der Waals surface area contributed by atoms with Crippen LogP contribution in [0.1, 0.15) is 115 Å². The van der Waals surface area contributed by atoms with Gasteiger partial charge in [0.2, 0.25) is 0 Å². The number of benzene rings is 1. The number of aliphatic carboxylic acids is 1. The van der Waals surface area contributed by atoms with Gasteiger partial charge in [-0.1, -0.05) is 98.9 Å². The fourth-order valence-corrected chi connectivity index (χ4v) is 9.84. The molecule has 1 aromatic rings. The van der Waals surface area contributed by atoms with Crippen molar-refractivity contribution >= 4 is 29.2 Å². The van der Waals surface area contributed by atoms with Gasteiger partial charge in [-0.15, -0.1) is 0 Å². The number of aliphatic hydroxyl groups excluding tert-OH is 8. The summed E-state index contributed by atoms with van der Waals surface area (Å²) < 4.78 is 23.7. The zero-order valence-corrected chi connectivity index (χ0v) is 44.8. The highest BCUT2D eigenvalue weighted by molar-refractivity contribution is 5.96. The van der Waals surface area contributed by atoms with Crippen molar-refractivity contribution in [2.75, 3.05) is 5.73 Å². The number of rotatable bonds is 10. The van der Waals surface area contributed by atoms with E-state index in [1.165, 1.54) is 13.0 Å². The Morgan fingerprint density at radius 3 is 1.91 bits per heavy atom. The third-order valence-corrected chi connectivity index (χ3v) is 14.1. The molecular weight excluding hydrogens is 1010 g/mol. The lowest BCUT2D eigenvalue weighted by atomic mass is 9.82. The molecule has 3 aliphatic heterocycles. The monoisotopic (exact) mass is 1100 g/mol. The van der Waals surface area contributed by atoms with Crippen LogP contribution >= 0.6 is 0 Å². The Balaban J connectivity index is 1.52. The van der Waals surface area contributed by atoms with E-state index >= 15 is 0 Å². The zero-order chi connectivity index (χ0) is 57.5. The second-order valence-electron chi connectivity index (χ2n) is 21.0. The van der Waals surface area contributed by atoms with E-state index in [9.17, 15) is 70.2 Å². The number of hydrogen-bond acceptors (Lipinski definition) is 19. The van der Waals surface area contributed by atoms with Crippen molar-refractivity contribution in [1.82, 2.24) is 0 Å². The van der Waals surface area contributed by atoms with Gasteiger partial charge in [0.05, 0.1) is 67.1 Å². The van der Waals surface area contributed by atoms with Crippen LogP contribution in [0.15, 0.2) is 109 Å². The lowest BCUT2D eigenvalue weighted by molar-refractivity contribution is -0.308. The Morgan fingerprint density at radius 1 is 0.756 bits per heavy atom. The SMILES string of the molecule is CC1/C=C/C=C/C=C/C=C/C=C/C=C/C=C/C(O[C@H]2O[C@@H](C)[C@H](O)[C@@H](N)[C@H]2O)CC2OC(O)(CC(O)CC(O)CCCC(O)CC(O)CC(=O)CC(=O)OC1C(C)CCC(O)CC(=O)c1ccc(N)cc1)CC(O)C2C(=O)O. The van der Waals surface area contributed by atoms with Crippen molar-refractivity contribution in [3.8, 4) is 0 Å². The Labute approximate surface area is 456 Å². The van der Waals surface area contributed by atoms with Crippen LogP contribution in [-0.4, -0.2) is 166 Å². The van der Waals surface area contributed by atoms with Gasteiger partial charge in [-0.3, -0.25) is 19.2 Å². The first-order valence-electron chi connectivity index (χ1n) is 26.9. The van der Waals surface area contributed by atoms with Crippen LogP contribution in [0.2, 0.25) is 0 Å². The predicted octanol–water partition coefficient (Wildman–Crippen LogP) is 3.32. The van der Waals surface area contributed by atoms with Gasteiger partial charge >= 0.3 is 11.9 Å². The van der Waals surface area contributed by atoms with Gasteiger partial charge in [0, 0.05) is 49.3 Å². The number of Topliss-reactive ketones (excluding diaryl/α,β-unsaturated/α-hetero) is 2. The molecular formula is C58H84N2O18. The molecule has 2 saturated heterocycles. The molecule has 434 valence electrons. The van der Waals surface area contributed by atoms with Crippen LogP contribution in [0.25, 0.3) is 0 Å². The number of allylic oxidation sites excluding steroid dienone is 12. The lowest BCUT2D eigenvalue weighted by Crippen LogP contribution is -2.61. The fourth-order valence-electron chi connectivity index (χ4n) is 9.84. The molecule has 13 unspecified atom stereocenters. The number of nitrogens with two attached hydrogens (primary N) is 2. The third kappa shape index (κ3) is 22.6. The molecule has 3 heterocycles. The normalized spacial score (nSPS) is 37.8. The number of ether oxygens (including phenoxy) is 4. The number of ketones is 2. The van der Waals surface area contributed by atoms with Gasteiger partial charge in [0.15, 0.2) is 17.9 Å². The second kappa shape index (κ2) is 32.9. The Kier molecular flexibility index (Phi) is 27.6. The molecule has 18 atom stereocenters. The molecule has 0 radical (unpaired) electrons. The molecule has 0 spiro atoms. The van der Waals surface area contributed by atoms with Gasteiger partial charge in [-0.25, -0.2) is 0 Å². The topological polar surface area (TPSA) is 360 Å². The first-order valence-corrected chi connectivity index (χ1v) is 26.9. The number of esters is 1. The molecule has 2 bridgehead atoms. The van der Waals surface area contributed by atoms with Gasteiger partial charge in [0.25, 0.3) is 0 Å². The van der Waals surface area contributed by atoms with E-state index in [4.69, 9.17) is 30.4 Å². The summed E-state index contributed by atoms with van der Waals surface area (Å²) in [5.74, 6) is -7.63. The van der Waals surface area contributed by atoms with Gasteiger partial charge < -0.3 is 81.5 Å². The van der Waals surface area contributed by atoms with Crippen LogP contribution < -0.4 is 11.5 Å². The highest BCUT2D eigenvalue weighted by atomic mass is 16.7. The average molecular weight is 1100 g/mol. The Bertz CT molecular complexity index is 2250. The molecule has 20 nitrogen and oxygen atoms in total. The van der Waals surface area contributed by atoms with Crippen molar-refractivity contribution in [1.29, 1.82) is 0 Å². The number of cyclic esters (lactones) is 1. The smallest absolute Gasteiger partial charge is 0.313 e. The summed E-state index contributed by atoms with van der Waals surface area (Å²) in [5, 5.41) is 108. The van der Waals surface area contributed by atoms with Crippen molar-refractivity contribution < 1.29 is 89.2 Å². The maximum atomic E-state index is 13.3. The fraction of sp³-hybridized carbons (Fsp3) is 0.586. The summed E-state index contributed by atoms with van der Waals surface area (Å²) in [6.45, 7) is 5.23. The zero-order valence-electron chi connectivity index (χ0n) is 44.8. The number of carbonyl (C=O) groups excluding carboxylic acids is 3. The minimum atomic E-state index is -2.27. The lowest BCUT2D eigenvalue weighted by Gasteiger charge is -2.45. The first-order chi connectivity index (χ1) is 36.9. The summed E-state index contributed by atoms with van der Waals surface area (Å²) in [6.07, 6.45) is 6.31. The van der Waals surface area contributed by atoms with Gasteiger partial charge in [0.1, 0.15) is 30.3 Å². The third-order valence-electron chi connectivity index (χ3n) is 14.1. The quantitative estimate of drug-likeness (QED) is 0.0692. The molecule has 3 aliphatic rings. The van der Waals surface area contributed by atoms with Gasteiger partial charge in [-0.05, 0) is 82.1 Å². The molecule has 20 heteroatoms. The molecule has 0 aromatic heterocycles. The summed E-state index contributed by atoms with van der Waals surface area (Å²) in [5.41, 5.74) is 12.7. The van der Waals surface area contributed by atoms with E-state index < -0.39 is 141 Å². The Hall–Kier alpha value is -5.04. The van der Waals surface area contributed by atoms with E-state index in [0.717, 1.165) is 0 Å². The number of carbonyl (C=O) groups is 4. The molecule has 0 aliphatic carbocycles. The van der Waals surface area contributed by atoms with E-state index in [0.29, 0.717) is 17.7 Å². The number of fused-ring (bicyclic) bond motifs is 2. The number of nitrogen functional groups attached to an aromatic ring is 1. The highest BCUT2D eigenvalue weighted by Gasteiger charge is 2.51. The van der Waals surface area contributed by atoms with E-state index in [1.54, 1.807) is 97.2 Å². The van der Waals surface area contributed by atoms with E-state index in [-0.39, 0.29) is 69.0 Å². The van der Waals surface area contributed by atoms with Crippen molar-refractivity contribution in [2.45, 2.75) is 196 Å². The van der Waals surface area contributed by atoms with Crippen LogP contribution in [0.5, 0.6) is 0 Å². The van der Waals surface area contributed by atoms with Crippen molar-refractivity contribution in [3.63, 3.8) is 0 Å². The minimum Gasteiger partial charge on any atom is -0.481 e. The number of hydrogen-bond donors (Lipinski definition) is 12. The molecule has 0 saturated carbocycles. The molecule has 1 aromatic carbocycles. The number of anilines is 1. The van der Waals surface area contributed by atoms with E-state index in [2.05, 4.69) is 0 Å². The van der Waals surface area contributed by atoms with Crippen LogP contribution in [0.3, 0.4) is 0 Å². The number of carboxylic acid groups (broad SMARTS) is 1. The minimum absolute atomic E-state index is 0.0720. The summed E-state index contributed by atoms with van der Waals surface area (Å²) in [4.78, 5) is 51.6. The average Bonchev–Trinajstić information content (AvgIpc) is 3.41. The maximum Gasteiger partial charge on any atom is 0.313 e. The highest BCUT2D eigenvalue weighted by Crippen LogP contribution is 2.38. The van der Waals surface area contributed by atoms with Gasteiger partial charge in [-0.2, -0.15) is 0 Å². The number of carboxylic acids is 1. The summed E-state index contributed by atoms with van der Waals surface area (Å²) in [6, 6.07) is 5.26. The second-order valence-corrected chi connectivity index (χ2v) is 21.0. The molecule has 4 rings (SSSR count). The predicted molar refractivity (Wildman–Crippen MR) is 289 cm³/mol. The van der Waals surface area contributed by atoms with E-state index in [1.807, 2.05) is 19.9 Å². The summed E-state index contributed by atoms with van der Waals surface area (Å²) >= 11 is 0. The maximum absolute atomic E-state index is 13.3. The summed E-state index contributed by atoms with van der Waals surface area (Å²) in [7, 11) is 0. The molecule has 2 fully saturated rings. The van der Waals surface area contributed by atoms with Crippen molar-refractivity contribution in [2.24, 2.45) is 23.5 Å². The molecule has 78 heavy (non-hydrogen) atoms. The molecule has 14 N–H and O–H groups in total. The number of aliphatic hydroxyl groups is 9. The van der Waals surface area contributed by atoms with Crippen LogP contribution in [0.4, 0.5) is 5.69 Å². The van der Waals surface area contributed by atoms with Crippen molar-refractivity contribution in [3.05, 3.63) is 115 Å². The van der Waals surface area contributed by atoms with Crippen LogP contribution in [0, 0.1) is 17.8 Å².